The summed E-state index contributed by atoms with van der Waals surface area (Å²) >= 11 is 0. The highest BCUT2D eigenvalue weighted by Gasteiger charge is 2.06. The van der Waals surface area contributed by atoms with E-state index in [9.17, 15) is 4.79 Å². The topological polar surface area (TPSA) is 65.5 Å². The van der Waals surface area contributed by atoms with Crippen LogP contribution in [0.5, 0.6) is 0 Å². The average Bonchev–Trinajstić information content (AvgIpc) is 2.61. The fourth-order valence-electron chi connectivity index (χ4n) is 2.77. The first-order chi connectivity index (χ1) is 12.5. The number of hydrogen-bond donors (Lipinski definition) is 3. The Bertz CT molecular complexity index is 569. The standard InChI is InChI=1S/C21H36N4O/c1-6-23-21(25-17(4)10-7-9-16(2)3)24-14-13-18-11-8-12-19(15-18)20(26)22-5/h8,11-12,15-17H,6-7,9-10,13-14H2,1-5H3,(H,22,26)(H2,23,24,25). The zero-order chi connectivity index (χ0) is 19.4. The van der Waals surface area contributed by atoms with Crippen molar-refractivity contribution in [2.24, 2.45) is 10.9 Å². The Hall–Kier alpha value is -2.04. The van der Waals surface area contributed by atoms with Gasteiger partial charge in [0.15, 0.2) is 5.96 Å². The van der Waals surface area contributed by atoms with Crippen molar-refractivity contribution in [3.8, 4) is 0 Å². The summed E-state index contributed by atoms with van der Waals surface area (Å²) < 4.78 is 0. The van der Waals surface area contributed by atoms with Gasteiger partial charge in [0.05, 0.1) is 0 Å². The van der Waals surface area contributed by atoms with E-state index in [1.807, 2.05) is 24.3 Å². The van der Waals surface area contributed by atoms with Gasteiger partial charge in [-0.1, -0.05) is 38.8 Å². The smallest absolute Gasteiger partial charge is 0.251 e. The van der Waals surface area contributed by atoms with Gasteiger partial charge in [-0.3, -0.25) is 9.79 Å². The van der Waals surface area contributed by atoms with Gasteiger partial charge in [-0.25, -0.2) is 0 Å². The number of nitrogens with zero attached hydrogens (tertiary/aromatic N) is 1. The molecular formula is C21H36N4O. The Morgan fingerprint density at radius 1 is 1.19 bits per heavy atom. The molecule has 0 fully saturated rings. The number of nitrogens with one attached hydrogen (secondary N) is 3. The average molecular weight is 361 g/mol. The van der Waals surface area contributed by atoms with E-state index in [0.29, 0.717) is 18.2 Å². The van der Waals surface area contributed by atoms with E-state index in [4.69, 9.17) is 0 Å². The molecule has 26 heavy (non-hydrogen) atoms. The minimum atomic E-state index is -0.0550. The fourth-order valence-corrected chi connectivity index (χ4v) is 2.77. The van der Waals surface area contributed by atoms with Gasteiger partial charge in [0, 0.05) is 31.7 Å². The molecule has 0 aromatic heterocycles. The first kappa shape index (κ1) is 22.0. The van der Waals surface area contributed by atoms with E-state index in [1.54, 1.807) is 7.05 Å². The Labute approximate surface area is 159 Å². The third kappa shape index (κ3) is 8.88. The maximum Gasteiger partial charge on any atom is 0.251 e. The van der Waals surface area contributed by atoms with E-state index < -0.39 is 0 Å². The van der Waals surface area contributed by atoms with Gasteiger partial charge in [-0.15, -0.1) is 0 Å². The van der Waals surface area contributed by atoms with E-state index in [0.717, 1.165) is 36.8 Å². The fraction of sp³-hybridized carbons (Fsp3) is 0.619. The summed E-state index contributed by atoms with van der Waals surface area (Å²) in [4.78, 5) is 16.4. The van der Waals surface area contributed by atoms with Crippen molar-refractivity contribution in [2.45, 2.75) is 59.4 Å². The second kappa shape index (κ2) is 12.3. The van der Waals surface area contributed by atoms with Crippen LogP contribution in [0.4, 0.5) is 0 Å². The van der Waals surface area contributed by atoms with E-state index >= 15 is 0 Å². The van der Waals surface area contributed by atoms with Crippen molar-refractivity contribution in [3.63, 3.8) is 0 Å². The van der Waals surface area contributed by atoms with Crippen LogP contribution in [0.2, 0.25) is 0 Å². The number of amides is 1. The van der Waals surface area contributed by atoms with Crippen LogP contribution in [0.15, 0.2) is 29.3 Å². The number of benzene rings is 1. The molecule has 0 saturated heterocycles. The zero-order valence-corrected chi connectivity index (χ0v) is 17.1. The summed E-state index contributed by atoms with van der Waals surface area (Å²) in [6.45, 7) is 10.3. The molecule has 0 spiro atoms. The Morgan fingerprint density at radius 2 is 1.96 bits per heavy atom. The van der Waals surface area contributed by atoms with E-state index in [-0.39, 0.29) is 5.91 Å². The number of carbonyl (C=O) groups is 1. The SMILES string of the molecule is CCNC(=NCCc1cccc(C(=O)NC)c1)NC(C)CCCC(C)C. The third-order valence-electron chi connectivity index (χ3n) is 4.23. The Balaban J connectivity index is 2.54. The number of carbonyl (C=O) groups excluding carboxylic acids is 1. The molecule has 1 aromatic rings. The van der Waals surface area contributed by atoms with Crippen LogP contribution in [0, 0.1) is 5.92 Å². The third-order valence-corrected chi connectivity index (χ3v) is 4.23. The minimum Gasteiger partial charge on any atom is -0.357 e. The number of rotatable bonds is 10. The molecule has 0 aliphatic heterocycles. The highest BCUT2D eigenvalue weighted by Crippen LogP contribution is 2.08. The molecule has 1 aromatic carbocycles. The maximum atomic E-state index is 11.7. The Kier molecular flexibility index (Phi) is 10.4. The van der Waals surface area contributed by atoms with Crippen LogP contribution in [0.25, 0.3) is 0 Å². The van der Waals surface area contributed by atoms with Gasteiger partial charge >= 0.3 is 0 Å². The van der Waals surface area contributed by atoms with Crippen LogP contribution >= 0.6 is 0 Å². The molecule has 0 bridgehead atoms. The normalized spacial score (nSPS) is 12.8. The van der Waals surface area contributed by atoms with Crippen molar-refractivity contribution >= 4 is 11.9 Å². The number of aliphatic imine (C=N–C) groups is 1. The summed E-state index contributed by atoms with van der Waals surface area (Å²) in [7, 11) is 1.65. The first-order valence-corrected chi connectivity index (χ1v) is 9.82. The van der Waals surface area contributed by atoms with Crippen LogP contribution in [-0.4, -0.2) is 38.0 Å². The van der Waals surface area contributed by atoms with Crippen LogP contribution in [-0.2, 0) is 6.42 Å². The predicted molar refractivity (Wildman–Crippen MR) is 111 cm³/mol. The first-order valence-electron chi connectivity index (χ1n) is 9.82. The quantitative estimate of drug-likeness (QED) is 0.443. The zero-order valence-electron chi connectivity index (χ0n) is 17.1. The molecule has 5 nitrogen and oxygen atoms in total. The van der Waals surface area contributed by atoms with Crippen molar-refractivity contribution in [2.75, 3.05) is 20.1 Å². The van der Waals surface area contributed by atoms with Crippen LogP contribution in [0.3, 0.4) is 0 Å². The van der Waals surface area contributed by atoms with Crippen molar-refractivity contribution in [1.82, 2.24) is 16.0 Å². The number of hydrogen-bond acceptors (Lipinski definition) is 2. The van der Waals surface area contributed by atoms with Gasteiger partial charge in [0.25, 0.3) is 5.91 Å². The Morgan fingerprint density at radius 3 is 2.62 bits per heavy atom. The molecule has 1 rings (SSSR count). The molecule has 146 valence electrons. The van der Waals surface area contributed by atoms with Gasteiger partial charge in [0.1, 0.15) is 0 Å². The molecule has 0 saturated carbocycles. The molecular weight excluding hydrogens is 324 g/mol. The van der Waals surface area contributed by atoms with Crippen molar-refractivity contribution < 1.29 is 4.79 Å². The highest BCUT2D eigenvalue weighted by atomic mass is 16.1. The predicted octanol–water partition coefficient (Wildman–Crippen LogP) is 3.36. The molecule has 0 aliphatic rings. The lowest BCUT2D eigenvalue weighted by molar-refractivity contribution is 0.0963. The largest absolute Gasteiger partial charge is 0.357 e. The molecule has 1 unspecified atom stereocenters. The van der Waals surface area contributed by atoms with Gasteiger partial charge in [0.2, 0.25) is 0 Å². The molecule has 3 N–H and O–H groups in total. The second-order valence-electron chi connectivity index (χ2n) is 7.16. The van der Waals surface area contributed by atoms with Gasteiger partial charge in [-0.05, 0) is 50.3 Å². The van der Waals surface area contributed by atoms with Crippen LogP contribution < -0.4 is 16.0 Å². The summed E-state index contributed by atoms with van der Waals surface area (Å²) in [5.74, 6) is 1.57. The molecule has 0 radical (unpaired) electrons. The summed E-state index contributed by atoms with van der Waals surface area (Å²) in [5, 5.41) is 9.46. The molecule has 1 atom stereocenters. The highest BCUT2D eigenvalue weighted by molar-refractivity contribution is 5.94. The van der Waals surface area contributed by atoms with Crippen LogP contribution in [0.1, 0.15) is 62.9 Å². The molecule has 0 heterocycles. The molecule has 1 amide bonds. The molecule has 0 aliphatic carbocycles. The monoisotopic (exact) mass is 360 g/mol. The minimum absolute atomic E-state index is 0.0550. The van der Waals surface area contributed by atoms with E-state index in [2.05, 4.69) is 48.6 Å². The van der Waals surface area contributed by atoms with Crippen molar-refractivity contribution in [3.05, 3.63) is 35.4 Å². The number of guanidine groups is 1. The van der Waals surface area contributed by atoms with Gasteiger partial charge < -0.3 is 16.0 Å². The van der Waals surface area contributed by atoms with Crippen molar-refractivity contribution in [1.29, 1.82) is 0 Å². The summed E-state index contributed by atoms with van der Waals surface area (Å²) in [6, 6.07) is 8.13. The van der Waals surface area contributed by atoms with Gasteiger partial charge in [-0.2, -0.15) is 0 Å². The molecule has 5 heteroatoms. The lowest BCUT2D eigenvalue weighted by atomic mass is 10.0. The lowest BCUT2D eigenvalue weighted by Crippen LogP contribution is -2.42. The summed E-state index contributed by atoms with van der Waals surface area (Å²) in [6.07, 6.45) is 4.46. The second-order valence-corrected chi connectivity index (χ2v) is 7.16. The summed E-state index contributed by atoms with van der Waals surface area (Å²) in [5.41, 5.74) is 1.81. The van der Waals surface area contributed by atoms with E-state index in [1.165, 1.54) is 12.8 Å². The lowest BCUT2D eigenvalue weighted by Gasteiger charge is -2.18. The maximum absolute atomic E-state index is 11.7.